The van der Waals surface area contributed by atoms with Crippen molar-refractivity contribution in [3.05, 3.63) is 95.2 Å². The number of pyridine rings is 1. The summed E-state index contributed by atoms with van der Waals surface area (Å²) in [7, 11) is 0. The van der Waals surface area contributed by atoms with Gasteiger partial charge in [-0.2, -0.15) is 0 Å². The number of allylic oxidation sites excluding steroid dienone is 1. The molecule has 3 heterocycles. The molecule has 0 saturated carbocycles. The van der Waals surface area contributed by atoms with Crippen LogP contribution in [0.1, 0.15) is 83.1 Å². The van der Waals surface area contributed by atoms with E-state index >= 15 is 0 Å². The number of rotatable bonds is 10. The summed E-state index contributed by atoms with van der Waals surface area (Å²) in [6.45, 7) is 11.2. The first-order chi connectivity index (χ1) is 26.9. The molecule has 2 saturated heterocycles. The number of carbonyl (C=O) groups excluding carboxylic acids is 1. The highest BCUT2D eigenvalue weighted by molar-refractivity contribution is 6.05. The van der Waals surface area contributed by atoms with E-state index in [2.05, 4.69) is 10.6 Å². The minimum absolute atomic E-state index is 0.0252. The lowest BCUT2D eigenvalue weighted by Crippen LogP contribution is -2.51. The molecule has 2 amide bonds. The van der Waals surface area contributed by atoms with Crippen LogP contribution in [0.5, 0.6) is 11.5 Å². The molecule has 56 heavy (non-hydrogen) atoms. The van der Waals surface area contributed by atoms with Gasteiger partial charge < -0.3 is 39.6 Å². The molecule has 2 aromatic carbocycles. The molecule has 1 aliphatic carbocycles. The third-order valence-electron chi connectivity index (χ3n) is 10.1. The van der Waals surface area contributed by atoms with Gasteiger partial charge in [0, 0.05) is 36.4 Å². The Morgan fingerprint density at radius 2 is 1.84 bits per heavy atom. The second kappa shape index (κ2) is 18.6. The zero-order valence-corrected chi connectivity index (χ0v) is 32.9. The number of nitrogens with two attached hydrogens (primary N) is 1. The zero-order valence-electron chi connectivity index (χ0n) is 32.9. The van der Waals surface area contributed by atoms with Gasteiger partial charge >= 0.3 is 6.03 Å². The Balaban J connectivity index is 1.13. The van der Waals surface area contributed by atoms with Crippen LogP contribution in [0.25, 0.3) is 0 Å². The van der Waals surface area contributed by atoms with Crippen molar-refractivity contribution in [2.24, 2.45) is 16.1 Å². The van der Waals surface area contributed by atoms with Crippen LogP contribution < -0.4 is 31.3 Å². The maximum Gasteiger partial charge on any atom is 0.320 e. The van der Waals surface area contributed by atoms with E-state index < -0.39 is 6.03 Å². The number of urea groups is 1. The number of fused-ring (bicyclic) bond motifs is 1. The lowest BCUT2D eigenvalue weighted by Gasteiger charge is -2.35. The van der Waals surface area contributed by atoms with Gasteiger partial charge in [-0.25, -0.2) is 9.79 Å². The topological polar surface area (TPSA) is 182 Å². The molecule has 6 rings (SSSR count). The van der Waals surface area contributed by atoms with Crippen molar-refractivity contribution in [1.82, 2.24) is 20.1 Å². The van der Waals surface area contributed by atoms with E-state index in [-0.39, 0.29) is 41.3 Å². The van der Waals surface area contributed by atoms with E-state index in [9.17, 15) is 4.79 Å². The molecular weight excluding hydrogens is 713 g/mol. The van der Waals surface area contributed by atoms with Gasteiger partial charge in [0.15, 0.2) is 6.29 Å². The number of benzene rings is 2. The summed E-state index contributed by atoms with van der Waals surface area (Å²) < 4.78 is 31.0. The van der Waals surface area contributed by atoms with Crippen molar-refractivity contribution in [3.63, 3.8) is 0 Å². The van der Waals surface area contributed by atoms with Crippen molar-refractivity contribution in [2.45, 2.75) is 84.3 Å². The number of aromatic nitrogens is 1. The molecule has 0 bridgehead atoms. The largest absolute Gasteiger partial charge is 0.491 e. The van der Waals surface area contributed by atoms with Crippen molar-refractivity contribution < 1.29 is 28.5 Å². The molecule has 3 aromatic rings. The van der Waals surface area contributed by atoms with Crippen LogP contribution in [0.15, 0.2) is 83.6 Å². The highest BCUT2D eigenvalue weighted by atomic mass is 16.7. The maximum atomic E-state index is 13.7. The molecule has 2 fully saturated rings. The number of hydrogen-bond acceptors (Lipinski definition) is 10. The molecule has 300 valence electrons. The third-order valence-corrected chi connectivity index (χ3v) is 10.1. The van der Waals surface area contributed by atoms with Crippen LogP contribution in [-0.4, -0.2) is 79.2 Å². The molecule has 3 unspecified atom stereocenters. The number of amidine groups is 1. The van der Waals surface area contributed by atoms with Gasteiger partial charge in [-0.15, -0.1) is 0 Å². The van der Waals surface area contributed by atoms with E-state index in [0.29, 0.717) is 74.5 Å². The first-order valence-corrected chi connectivity index (χ1v) is 19.5. The highest BCUT2D eigenvalue weighted by Gasteiger charge is 2.30. The van der Waals surface area contributed by atoms with E-state index in [4.69, 9.17) is 45.2 Å². The SMILES string of the molecule is C[C@H]1COCCN1C(=N)n1cc(OC2CCC(NC(=O)NC(/C=C(\N)C(C)(C)C)=Nc3cccc(OCCOC4CCCCO4)c3)c3ccccc32)ccc1=N. The van der Waals surface area contributed by atoms with Gasteiger partial charge in [0.2, 0.25) is 5.96 Å². The van der Waals surface area contributed by atoms with Gasteiger partial charge in [0.1, 0.15) is 35.5 Å². The Hall–Kier alpha value is -5.18. The summed E-state index contributed by atoms with van der Waals surface area (Å²) in [6, 6.07) is 18.0. The van der Waals surface area contributed by atoms with Crippen LogP contribution in [0.4, 0.5) is 10.5 Å². The Morgan fingerprint density at radius 1 is 1.02 bits per heavy atom. The number of morpholine rings is 1. The monoisotopic (exact) mass is 768 g/mol. The third kappa shape index (κ3) is 10.8. The predicted octanol–water partition coefficient (Wildman–Crippen LogP) is 6.27. The summed E-state index contributed by atoms with van der Waals surface area (Å²) in [4.78, 5) is 20.4. The quantitative estimate of drug-likeness (QED) is 0.0910. The van der Waals surface area contributed by atoms with E-state index in [0.717, 1.165) is 37.0 Å². The molecular formula is C42H56N8O6. The fourth-order valence-corrected chi connectivity index (χ4v) is 6.83. The first kappa shape index (κ1) is 40.5. The molecule has 2 aliphatic heterocycles. The normalized spacial score (nSPS) is 21.8. The minimum atomic E-state index is -0.418. The average molecular weight is 769 g/mol. The van der Waals surface area contributed by atoms with Crippen molar-refractivity contribution in [1.29, 1.82) is 10.8 Å². The Morgan fingerprint density at radius 3 is 2.61 bits per heavy atom. The maximum absolute atomic E-state index is 13.7. The summed E-state index contributed by atoms with van der Waals surface area (Å²) >= 11 is 0. The standard InChI is InChI=1S/C42H56N8O6/c1-28-27-52-21-19-49(28)40(45)50-26-31(15-18-37(50)44)56-35-17-16-34(32-12-5-6-13-33(32)35)47-41(51)48-38(25-36(43)42(2,3)4)46-29-10-9-11-30(24-29)53-22-23-55-39-14-7-8-20-54-39/h5-6,9-13,15,18,24-26,28,34-35,39,44-45H,7-8,14,16-17,19-23,27,43H2,1-4H3,(H2,46,47,48,51)/b36-25-,44-37?,45-40?/t28-,34?,35?,39?/m0/s1. The summed E-state index contributed by atoms with van der Waals surface area (Å²) in [5.74, 6) is 1.68. The second-order valence-electron chi connectivity index (χ2n) is 15.4. The molecule has 14 nitrogen and oxygen atoms in total. The van der Waals surface area contributed by atoms with Gasteiger partial charge in [-0.05, 0) is 74.4 Å². The van der Waals surface area contributed by atoms with Crippen molar-refractivity contribution >= 4 is 23.5 Å². The van der Waals surface area contributed by atoms with Crippen molar-refractivity contribution in [3.8, 4) is 11.5 Å². The fraction of sp³-hybridized carbons (Fsp3) is 0.476. The molecule has 4 atom stereocenters. The number of nitrogens with one attached hydrogen (secondary N) is 4. The number of ether oxygens (including phenoxy) is 5. The van der Waals surface area contributed by atoms with E-state index in [1.54, 1.807) is 30.5 Å². The number of nitrogens with zero attached hydrogens (tertiary/aromatic N) is 3. The fourth-order valence-electron chi connectivity index (χ4n) is 6.83. The van der Waals surface area contributed by atoms with E-state index in [1.165, 1.54) is 4.57 Å². The Bertz CT molecular complexity index is 1950. The molecule has 0 spiro atoms. The molecule has 0 radical (unpaired) electrons. The van der Waals surface area contributed by atoms with Gasteiger partial charge in [-0.1, -0.05) is 51.1 Å². The smallest absolute Gasteiger partial charge is 0.320 e. The lowest BCUT2D eigenvalue weighted by molar-refractivity contribution is -0.165. The number of hydrogen-bond donors (Lipinski definition) is 5. The van der Waals surface area contributed by atoms with Crippen molar-refractivity contribution in [2.75, 3.05) is 39.6 Å². The Labute approximate surface area is 329 Å². The van der Waals surface area contributed by atoms with Gasteiger partial charge in [0.25, 0.3) is 0 Å². The molecule has 3 aliphatic rings. The highest BCUT2D eigenvalue weighted by Crippen LogP contribution is 2.38. The van der Waals surface area contributed by atoms with Gasteiger partial charge in [-0.3, -0.25) is 20.7 Å². The minimum Gasteiger partial charge on any atom is -0.491 e. The summed E-state index contributed by atoms with van der Waals surface area (Å²) in [6.07, 6.45) is 7.25. The molecule has 1 aromatic heterocycles. The van der Waals surface area contributed by atoms with Crippen LogP contribution in [0.2, 0.25) is 0 Å². The number of aliphatic imine (C=N–C) groups is 1. The van der Waals surface area contributed by atoms with Crippen LogP contribution in [0, 0.1) is 16.2 Å². The lowest BCUT2D eigenvalue weighted by atomic mass is 9.85. The van der Waals surface area contributed by atoms with E-state index in [1.807, 2.05) is 75.1 Å². The Kier molecular flexibility index (Phi) is 13.5. The van der Waals surface area contributed by atoms with Crippen LogP contribution in [-0.2, 0) is 14.2 Å². The predicted molar refractivity (Wildman–Crippen MR) is 214 cm³/mol. The first-order valence-electron chi connectivity index (χ1n) is 19.5. The number of amides is 2. The average Bonchev–Trinajstić information content (AvgIpc) is 3.18. The summed E-state index contributed by atoms with van der Waals surface area (Å²) in [5.41, 5.74) is 9.36. The molecule has 6 N–H and O–H groups in total. The van der Waals surface area contributed by atoms with Crippen LogP contribution >= 0.6 is 0 Å². The van der Waals surface area contributed by atoms with Gasteiger partial charge in [0.05, 0.1) is 43.8 Å². The summed E-state index contributed by atoms with van der Waals surface area (Å²) in [5, 5.41) is 23.4. The molecule has 14 heteroatoms. The van der Waals surface area contributed by atoms with Crippen LogP contribution in [0.3, 0.4) is 0 Å². The second-order valence-corrected chi connectivity index (χ2v) is 15.4. The zero-order chi connectivity index (χ0) is 39.7. The number of carbonyl (C=O) groups is 1.